The highest BCUT2D eigenvalue weighted by atomic mass is 16.6. The van der Waals surface area contributed by atoms with Crippen molar-refractivity contribution < 1.29 is 4.63 Å². The van der Waals surface area contributed by atoms with Crippen LogP contribution in [0.1, 0.15) is 0 Å². The fraction of sp³-hybridized carbons (Fsp3) is 0. The summed E-state index contributed by atoms with van der Waals surface area (Å²) < 4.78 is 4.50. The fourth-order valence-electron chi connectivity index (χ4n) is 1.31. The first-order valence-electron chi connectivity index (χ1n) is 4.17. The molecule has 0 atom stereocenters. The van der Waals surface area contributed by atoms with E-state index in [4.69, 9.17) is 0 Å². The number of nitrogens with one attached hydrogen (secondary N) is 1. The van der Waals surface area contributed by atoms with Crippen LogP contribution in [0, 0.1) is 0 Å². The highest BCUT2D eigenvalue weighted by molar-refractivity contribution is 5.71. The van der Waals surface area contributed by atoms with E-state index in [0.717, 1.165) is 11.4 Å². The predicted molar refractivity (Wildman–Crippen MR) is 49.4 cm³/mol. The molecular formula is C9H6N4O. The smallest absolute Gasteiger partial charge is 0.243 e. The lowest BCUT2D eigenvalue weighted by atomic mass is 10.2. The largest absolute Gasteiger partial charge is 0.318 e. The van der Waals surface area contributed by atoms with E-state index < -0.39 is 0 Å². The van der Waals surface area contributed by atoms with Gasteiger partial charge in [-0.3, -0.25) is 0 Å². The van der Waals surface area contributed by atoms with E-state index in [1.165, 1.54) is 0 Å². The van der Waals surface area contributed by atoms with Gasteiger partial charge in [0.25, 0.3) is 0 Å². The van der Waals surface area contributed by atoms with Crippen molar-refractivity contribution >= 4 is 11.3 Å². The molecule has 2 heterocycles. The normalized spacial score (nSPS) is 10.9. The second kappa shape index (κ2) is 2.66. The maximum absolute atomic E-state index is 4.50. The van der Waals surface area contributed by atoms with Crippen molar-refractivity contribution in [3.8, 4) is 11.4 Å². The molecule has 0 spiro atoms. The van der Waals surface area contributed by atoms with E-state index in [0.29, 0.717) is 11.3 Å². The number of benzene rings is 1. The van der Waals surface area contributed by atoms with E-state index in [1.54, 1.807) is 0 Å². The van der Waals surface area contributed by atoms with Crippen LogP contribution in [0.25, 0.3) is 22.7 Å². The van der Waals surface area contributed by atoms with Crippen LogP contribution in [-0.2, 0) is 0 Å². The molecule has 1 N–H and O–H groups in total. The van der Waals surface area contributed by atoms with Crippen molar-refractivity contribution in [1.29, 1.82) is 0 Å². The number of nitrogens with zero attached hydrogens (tertiary/aromatic N) is 3. The Labute approximate surface area is 78.7 Å². The van der Waals surface area contributed by atoms with E-state index in [-0.39, 0.29) is 0 Å². The van der Waals surface area contributed by atoms with Crippen LogP contribution in [0.2, 0.25) is 0 Å². The quantitative estimate of drug-likeness (QED) is 0.626. The molecule has 1 aromatic carbocycles. The Morgan fingerprint density at radius 2 is 1.93 bits per heavy atom. The monoisotopic (exact) mass is 186 g/mol. The minimum Gasteiger partial charge on any atom is -0.318 e. The molecule has 0 unspecified atom stereocenters. The lowest BCUT2D eigenvalue weighted by molar-refractivity contribution is 0.313. The van der Waals surface area contributed by atoms with Crippen molar-refractivity contribution in [3.05, 3.63) is 30.3 Å². The predicted octanol–water partition coefficient (Wildman–Crippen LogP) is 1.61. The molecule has 0 amide bonds. The Morgan fingerprint density at radius 1 is 1.07 bits per heavy atom. The number of rotatable bonds is 1. The van der Waals surface area contributed by atoms with Gasteiger partial charge in [0, 0.05) is 5.56 Å². The van der Waals surface area contributed by atoms with Crippen LogP contribution in [0.5, 0.6) is 0 Å². The van der Waals surface area contributed by atoms with E-state index >= 15 is 0 Å². The number of hydrogen-bond donors (Lipinski definition) is 1. The topological polar surface area (TPSA) is 67.6 Å². The van der Waals surface area contributed by atoms with Crippen molar-refractivity contribution in [2.24, 2.45) is 0 Å². The van der Waals surface area contributed by atoms with Crippen LogP contribution < -0.4 is 0 Å². The van der Waals surface area contributed by atoms with Gasteiger partial charge in [0.1, 0.15) is 5.82 Å². The van der Waals surface area contributed by atoms with Crippen molar-refractivity contribution in [1.82, 2.24) is 20.3 Å². The van der Waals surface area contributed by atoms with Crippen LogP contribution in [0.3, 0.4) is 0 Å². The SMILES string of the molecule is c1ccc(-c2nc3nonc3[nH]2)cc1. The minimum absolute atomic E-state index is 0.504. The Morgan fingerprint density at radius 3 is 2.71 bits per heavy atom. The molecular weight excluding hydrogens is 180 g/mol. The highest BCUT2D eigenvalue weighted by Crippen LogP contribution is 2.17. The third kappa shape index (κ3) is 0.990. The summed E-state index contributed by atoms with van der Waals surface area (Å²) in [6.45, 7) is 0. The molecule has 0 bridgehead atoms. The van der Waals surface area contributed by atoms with Crippen molar-refractivity contribution in [3.63, 3.8) is 0 Å². The van der Waals surface area contributed by atoms with Crippen LogP contribution in [0.4, 0.5) is 0 Å². The number of aromatic nitrogens is 4. The van der Waals surface area contributed by atoms with E-state index in [2.05, 4.69) is 24.9 Å². The summed E-state index contributed by atoms with van der Waals surface area (Å²) >= 11 is 0. The van der Waals surface area contributed by atoms with Gasteiger partial charge in [-0.1, -0.05) is 30.3 Å². The van der Waals surface area contributed by atoms with Crippen LogP contribution in [-0.4, -0.2) is 20.3 Å². The first kappa shape index (κ1) is 7.25. The molecule has 14 heavy (non-hydrogen) atoms. The lowest BCUT2D eigenvalue weighted by Gasteiger charge is -1.92. The zero-order valence-corrected chi connectivity index (χ0v) is 7.14. The average Bonchev–Trinajstić information content (AvgIpc) is 2.78. The molecule has 5 nitrogen and oxygen atoms in total. The number of hydrogen-bond acceptors (Lipinski definition) is 4. The molecule has 0 radical (unpaired) electrons. The fourth-order valence-corrected chi connectivity index (χ4v) is 1.31. The van der Waals surface area contributed by atoms with Crippen molar-refractivity contribution in [2.45, 2.75) is 0 Å². The zero-order chi connectivity index (χ0) is 9.38. The van der Waals surface area contributed by atoms with Gasteiger partial charge in [0.15, 0.2) is 0 Å². The molecule has 0 saturated heterocycles. The van der Waals surface area contributed by atoms with Crippen LogP contribution >= 0.6 is 0 Å². The van der Waals surface area contributed by atoms with Gasteiger partial charge in [0.05, 0.1) is 0 Å². The molecule has 0 saturated carbocycles. The number of fused-ring (bicyclic) bond motifs is 1. The maximum atomic E-state index is 4.50. The first-order valence-corrected chi connectivity index (χ1v) is 4.17. The number of H-pyrrole nitrogens is 1. The molecule has 2 aromatic heterocycles. The standard InChI is InChI=1S/C9H6N4O/c1-2-4-6(5-3-1)7-10-8-9(11-7)13-14-12-8/h1-5H,(H,10,11,12,13). The van der Waals surface area contributed by atoms with Gasteiger partial charge < -0.3 is 4.98 Å². The molecule has 0 fully saturated rings. The molecule has 0 aliphatic heterocycles. The first-order chi connectivity index (χ1) is 6.93. The van der Waals surface area contributed by atoms with E-state index in [1.807, 2.05) is 30.3 Å². The molecule has 0 aliphatic rings. The van der Waals surface area contributed by atoms with Crippen LogP contribution in [0.15, 0.2) is 35.0 Å². The Kier molecular flexibility index (Phi) is 1.38. The summed E-state index contributed by atoms with van der Waals surface area (Å²) in [7, 11) is 0. The zero-order valence-electron chi connectivity index (χ0n) is 7.14. The molecule has 5 heteroatoms. The van der Waals surface area contributed by atoms with Gasteiger partial charge in [-0.05, 0) is 10.3 Å². The van der Waals surface area contributed by atoms with Gasteiger partial charge in [0.2, 0.25) is 11.3 Å². The highest BCUT2D eigenvalue weighted by Gasteiger charge is 2.08. The number of imidazole rings is 1. The summed E-state index contributed by atoms with van der Waals surface area (Å²) in [5.74, 6) is 0.756. The Balaban J connectivity index is 2.19. The second-order valence-corrected chi connectivity index (χ2v) is 2.89. The summed E-state index contributed by atoms with van der Waals surface area (Å²) in [5, 5.41) is 7.30. The minimum atomic E-state index is 0.504. The third-order valence-corrected chi connectivity index (χ3v) is 1.97. The second-order valence-electron chi connectivity index (χ2n) is 2.89. The van der Waals surface area contributed by atoms with Gasteiger partial charge in [-0.15, -0.1) is 0 Å². The van der Waals surface area contributed by atoms with E-state index in [9.17, 15) is 0 Å². The third-order valence-electron chi connectivity index (χ3n) is 1.97. The molecule has 0 aliphatic carbocycles. The molecule has 3 rings (SSSR count). The average molecular weight is 186 g/mol. The summed E-state index contributed by atoms with van der Waals surface area (Å²) in [4.78, 5) is 7.23. The lowest BCUT2D eigenvalue weighted by Crippen LogP contribution is -1.79. The van der Waals surface area contributed by atoms with Crippen molar-refractivity contribution in [2.75, 3.05) is 0 Å². The summed E-state index contributed by atoms with van der Waals surface area (Å²) in [6.07, 6.45) is 0. The van der Waals surface area contributed by atoms with Gasteiger partial charge in [-0.2, -0.15) is 0 Å². The summed E-state index contributed by atoms with van der Waals surface area (Å²) in [5.41, 5.74) is 2.08. The molecule has 3 aromatic rings. The maximum Gasteiger partial charge on any atom is 0.243 e. The Bertz CT molecular complexity index is 526. The summed E-state index contributed by atoms with van der Waals surface area (Å²) in [6, 6.07) is 9.79. The number of aromatic amines is 1. The molecule has 68 valence electrons. The van der Waals surface area contributed by atoms with Gasteiger partial charge >= 0.3 is 0 Å². The Hall–Kier alpha value is -2.17. The van der Waals surface area contributed by atoms with Gasteiger partial charge in [-0.25, -0.2) is 9.61 Å².